The second-order valence-electron chi connectivity index (χ2n) is 7.93. The number of rotatable bonds is 4. The number of hydrogen-bond donors (Lipinski definition) is 3. The highest BCUT2D eigenvalue weighted by molar-refractivity contribution is 5.95. The van der Waals surface area contributed by atoms with E-state index in [2.05, 4.69) is 46.6 Å². The molecule has 29 heavy (non-hydrogen) atoms. The number of fused-ring (bicyclic) bond motifs is 2. The van der Waals surface area contributed by atoms with Gasteiger partial charge in [-0.2, -0.15) is 0 Å². The molecule has 0 saturated carbocycles. The number of amides is 2. The Labute approximate surface area is 169 Å². The lowest BCUT2D eigenvalue weighted by Gasteiger charge is -2.37. The number of hydrogen-bond acceptors (Lipinski definition) is 3. The monoisotopic (exact) mass is 388 g/mol. The lowest BCUT2D eigenvalue weighted by Crippen LogP contribution is -2.35. The van der Waals surface area contributed by atoms with Crippen LogP contribution in [0, 0.1) is 0 Å². The van der Waals surface area contributed by atoms with Gasteiger partial charge in [-0.15, -0.1) is 0 Å². The van der Waals surface area contributed by atoms with Crippen LogP contribution in [0.4, 0.5) is 5.82 Å². The number of aromatic nitrogens is 2. The Morgan fingerprint density at radius 1 is 1.31 bits per heavy atom. The van der Waals surface area contributed by atoms with E-state index < -0.39 is 0 Å². The SMILES string of the molecule is CNC(=O)C=Cc1cnc2c(c1)C(C(C)(C)c1c[nH]c3ccccc13)CC(=O)N2. The van der Waals surface area contributed by atoms with Gasteiger partial charge in [-0.05, 0) is 40.3 Å². The Morgan fingerprint density at radius 3 is 2.90 bits per heavy atom. The zero-order valence-electron chi connectivity index (χ0n) is 16.7. The summed E-state index contributed by atoms with van der Waals surface area (Å²) >= 11 is 0. The molecule has 6 heteroatoms. The second-order valence-corrected chi connectivity index (χ2v) is 7.93. The average Bonchev–Trinajstić information content (AvgIpc) is 3.16. The molecule has 1 aliphatic rings. The fraction of sp³-hybridized carbons (Fsp3) is 0.261. The molecule has 0 spiro atoms. The van der Waals surface area contributed by atoms with E-state index in [0.717, 1.165) is 22.0 Å². The van der Waals surface area contributed by atoms with Gasteiger partial charge in [0.15, 0.2) is 0 Å². The Hall–Kier alpha value is -3.41. The van der Waals surface area contributed by atoms with Crippen LogP contribution in [0.15, 0.2) is 48.8 Å². The van der Waals surface area contributed by atoms with Crippen molar-refractivity contribution in [2.45, 2.75) is 31.6 Å². The maximum atomic E-state index is 12.4. The molecule has 148 valence electrons. The summed E-state index contributed by atoms with van der Waals surface area (Å²) in [4.78, 5) is 31.8. The first-order valence-corrected chi connectivity index (χ1v) is 9.66. The topological polar surface area (TPSA) is 86.9 Å². The number of H-pyrrole nitrogens is 1. The van der Waals surface area contributed by atoms with Gasteiger partial charge in [0, 0.05) is 48.8 Å². The van der Waals surface area contributed by atoms with E-state index in [4.69, 9.17) is 0 Å². The van der Waals surface area contributed by atoms with Gasteiger partial charge >= 0.3 is 0 Å². The second kappa shape index (κ2) is 7.20. The molecule has 1 atom stereocenters. The summed E-state index contributed by atoms with van der Waals surface area (Å²) in [5, 5.41) is 6.61. The van der Waals surface area contributed by atoms with Crippen molar-refractivity contribution in [1.82, 2.24) is 15.3 Å². The van der Waals surface area contributed by atoms with Gasteiger partial charge in [0.05, 0.1) is 0 Å². The van der Waals surface area contributed by atoms with Crippen LogP contribution in [0.5, 0.6) is 0 Å². The first kappa shape index (κ1) is 18.9. The van der Waals surface area contributed by atoms with E-state index >= 15 is 0 Å². The smallest absolute Gasteiger partial charge is 0.243 e. The number of anilines is 1. The molecule has 0 fully saturated rings. The molecule has 3 heterocycles. The normalized spacial score (nSPS) is 16.7. The van der Waals surface area contributed by atoms with E-state index in [9.17, 15) is 9.59 Å². The van der Waals surface area contributed by atoms with Gasteiger partial charge in [-0.1, -0.05) is 32.0 Å². The van der Waals surface area contributed by atoms with Gasteiger partial charge < -0.3 is 15.6 Å². The highest BCUT2D eigenvalue weighted by Crippen LogP contribution is 2.47. The number of carbonyl (C=O) groups excluding carboxylic acids is 2. The maximum Gasteiger partial charge on any atom is 0.243 e. The van der Waals surface area contributed by atoms with Crippen LogP contribution in [0.25, 0.3) is 17.0 Å². The van der Waals surface area contributed by atoms with Crippen LogP contribution < -0.4 is 10.6 Å². The van der Waals surface area contributed by atoms with Crippen LogP contribution in [0.2, 0.25) is 0 Å². The van der Waals surface area contributed by atoms with E-state index in [1.807, 2.05) is 24.4 Å². The number of pyridine rings is 1. The zero-order chi connectivity index (χ0) is 20.6. The molecule has 2 aromatic heterocycles. The largest absolute Gasteiger partial charge is 0.361 e. The van der Waals surface area contributed by atoms with E-state index in [0.29, 0.717) is 12.2 Å². The van der Waals surface area contributed by atoms with Crippen molar-refractivity contribution in [1.29, 1.82) is 0 Å². The maximum absolute atomic E-state index is 12.4. The fourth-order valence-electron chi connectivity index (χ4n) is 4.13. The summed E-state index contributed by atoms with van der Waals surface area (Å²) in [7, 11) is 1.59. The molecule has 6 nitrogen and oxygen atoms in total. The van der Waals surface area contributed by atoms with Gasteiger partial charge in [0.25, 0.3) is 0 Å². The molecule has 0 radical (unpaired) electrons. The Bertz CT molecular complexity index is 1130. The van der Waals surface area contributed by atoms with Gasteiger partial charge in [0.2, 0.25) is 11.8 Å². The zero-order valence-corrected chi connectivity index (χ0v) is 16.7. The fourth-order valence-corrected chi connectivity index (χ4v) is 4.13. The highest BCUT2D eigenvalue weighted by Gasteiger charge is 2.40. The molecule has 0 saturated heterocycles. The first-order valence-electron chi connectivity index (χ1n) is 9.66. The van der Waals surface area contributed by atoms with Crippen LogP contribution in [-0.2, 0) is 15.0 Å². The van der Waals surface area contributed by atoms with E-state index in [1.54, 1.807) is 19.3 Å². The van der Waals surface area contributed by atoms with Crippen LogP contribution in [0.1, 0.15) is 42.9 Å². The number of nitrogens with one attached hydrogen (secondary N) is 3. The molecule has 3 aromatic rings. The molecular weight excluding hydrogens is 364 g/mol. The molecular formula is C23H24N4O2. The summed E-state index contributed by atoms with van der Waals surface area (Å²) in [6.07, 6.45) is 7.30. The summed E-state index contributed by atoms with van der Waals surface area (Å²) < 4.78 is 0. The van der Waals surface area contributed by atoms with Crippen molar-refractivity contribution >= 4 is 34.6 Å². The number of likely N-dealkylation sites (N-methyl/N-ethyl adjacent to an activating group) is 1. The van der Waals surface area contributed by atoms with Gasteiger partial charge in [-0.25, -0.2) is 4.98 Å². The molecule has 0 bridgehead atoms. The number of carbonyl (C=O) groups is 2. The number of para-hydroxylation sites is 1. The molecule has 1 unspecified atom stereocenters. The minimum absolute atomic E-state index is 0.0310. The summed E-state index contributed by atoms with van der Waals surface area (Å²) in [5.41, 5.74) is 3.75. The molecule has 1 aliphatic heterocycles. The van der Waals surface area contributed by atoms with Crippen molar-refractivity contribution < 1.29 is 9.59 Å². The summed E-state index contributed by atoms with van der Waals surface area (Å²) in [6, 6.07) is 10.2. The lowest BCUT2D eigenvalue weighted by molar-refractivity contribution is -0.117. The minimum atomic E-state index is -0.309. The van der Waals surface area contributed by atoms with Gasteiger partial charge in [-0.3, -0.25) is 9.59 Å². The predicted octanol–water partition coefficient (Wildman–Crippen LogP) is 3.73. The third-order valence-electron chi connectivity index (χ3n) is 5.79. The summed E-state index contributed by atoms with van der Waals surface area (Å²) in [5.74, 6) is 0.339. The minimum Gasteiger partial charge on any atom is -0.361 e. The number of nitrogens with zero attached hydrogens (tertiary/aromatic N) is 1. The average molecular weight is 388 g/mol. The number of benzene rings is 1. The molecule has 2 amide bonds. The van der Waals surface area contributed by atoms with Crippen molar-refractivity contribution in [3.05, 3.63) is 65.5 Å². The Balaban J connectivity index is 1.79. The lowest BCUT2D eigenvalue weighted by atomic mass is 9.68. The van der Waals surface area contributed by atoms with Crippen LogP contribution >= 0.6 is 0 Å². The van der Waals surface area contributed by atoms with E-state index in [-0.39, 0.29) is 23.1 Å². The van der Waals surface area contributed by atoms with E-state index in [1.165, 1.54) is 11.6 Å². The van der Waals surface area contributed by atoms with Crippen molar-refractivity contribution in [3.63, 3.8) is 0 Å². The first-order chi connectivity index (χ1) is 13.9. The predicted molar refractivity (Wildman–Crippen MR) is 115 cm³/mol. The third kappa shape index (κ3) is 3.42. The standard InChI is InChI=1S/C23H24N4O2/c1-23(2,18-13-25-19-7-5-4-6-15(18)19)17-11-21(29)27-22-16(17)10-14(12-26-22)8-9-20(28)24-3/h4-10,12-13,17,25H,11H2,1-3H3,(H,24,28)(H,26,27,29). The summed E-state index contributed by atoms with van der Waals surface area (Å²) in [6.45, 7) is 4.34. The Kier molecular flexibility index (Phi) is 4.70. The quantitative estimate of drug-likeness (QED) is 0.595. The highest BCUT2D eigenvalue weighted by atomic mass is 16.2. The van der Waals surface area contributed by atoms with Crippen molar-refractivity contribution in [3.8, 4) is 0 Å². The third-order valence-corrected chi connectivity index (χ3v) is 5.79. The van der Waals surface area contributed by atoms with Crippen molar-refractivity contribution in [2.24, 2.45) is 0 Å². The van der Waals surface area contributed by atoms with Crippen molar-refractivity contribution in [2.75, 3.05) is 12.4 Å². The molecule has 0 aliphatic carbocycles. The van der Waals surface area contributed by atoms with Crippen LogP contribution in [-0.4, -0.2) is 28.8 Å². The van der Waals surface area contributed by atoms with Gasteiger partial charge in [0.1, 0.15) is 5.82 Å². The number of aromatic amines is 1. The Morgan fingerprint density at radius 2 is 2.10 bits per heavy atom. The molecule has 1 aromatic carbocycles. The molecule has 4 rings (SSSR count). The molecule has 3 N–H and O–H groups in total. The van der Waals surface area contributed by atoms with Crippen LogP contribution in [0.3, 0.4) is 0 Å².